The number of rotatable bonds is 5. The van der Waals surface area contributed by atoms with Gasteiger partial charge in [0.15, 0.2) is 0 Å². The third kappa shape index (κ3) is 5.54. The Balaban J connectivity index is 1.03. The summed E-state index contributed by atoms with van der Waals surface area (Å²) in [5, 5.41) is 17.1. The summed E-state index contributed by atoms with van der Waals surface area (Å²) in [6.07, 6.45) is -0.462. The van der Waals surface area contributed by atoms with Crippen molar-refractivity contribution in [1.29, 1.82) is 0 Å². The molecule has 0 fully saturated rings. The van der Waals surface area contributed by atoms with E-state index in [1.54, 1.807) is 0 Å². The third-order valence-corrected chi connectivity index (χ3v) is 11.1. The van der Waals surface area contributed by atoms with Gasteiger partial charge in [-0.1, -0.05) is 152 Å². The zero-order valence-electron chi connectivity index (χ0n) is 29.9. The van der Waals surface area contributed by atoms with Gasteiger partial charge in [0, 0.05) is 21.9 Å². The molecule has 4 heteroatoms. The van der Waals surface area contributed by atoms with Crippen molar-refractivity contribution < 1.29 is 4.42 Å². The molecular weight excluding hydrogens is 671 g/mol. The molecule has 4 nitrogen and oxygen atoms in total. The van der Waals surface area contributed by atoms with Gasteiger partial charge in [0.2, 0.25) is 0 Å². The Morgan fingerprint density at radius 3 is 1.80 bits per heavy atom. The number of amidine groups is 1. The van der Waals surface area contributed by atoms with Crippen LogP contribution in [-0.2, 0) is 0 Å². The summed E-state index contributed by atoms with van der Waals surface area (Å²) >= 11 is 0. The fraction of sp³-hybridized carbons (Fsp3) is 0.0392. The number of benzene rings is 9. The topological polar surface area (TPSA) is 49.6 Å². The molecule has 0 bridgehead atoms. The van der Waals surface area contributed by atoms with Crippen molar-refractivity contribution in [2.24, 2.45) is 4.99 Å². The van der Waals surface area contributed by atoms with Gasteiger partial charge in [0.25, 0.3) is 0 Å². The summed E-state index contributed by atoms with van der Waals surface area (Å²) in [5.41, 5.74) is 9.57. The fourth-order valence-electron chi connectivity index (χ4n) is 8.30. The van der Waals surface area contributed by atoms with E-state index in [4.69, 9.17) is 9.41 Å². The predicted octanol–water partition coefficient (Wildman–Crippen LogP) is 12.7. The van der Waals surface area contributed by atoms with Crippen LogP contribution in [0.15, 0.2) is 197 Å². The van der Waals surface area contributed by atoms with Gasteiger partial charge in [-0.15, -0.1) is 0 Å². The highest BCUT2D eigenvalue weighted by atomic mass is 16.3. The molecule has 0 amide bonds. The molecule has 0 radical (unpaired) electrons. The Labute approximate surface area is 318 Å². The number of nitrogens with one attached hydrogen (secondary N) is 2. The molecule has 1 aromatic heterocycles. The minimum atomic E-state index is -0.258. The van der Waals surface area contributed by atoms with Gasteiger partial charge in [-0.3, -0.25) is 5.32 Å². The first-order valence-electron chi connectivity index (χ1n) is 18.8. The Morgan fingerprint density at radius 1 is 0.436 bits per heavy atom. The van der Waals surface area contributed by atoms with E-state index >= 15 is 0 Å². The molecule has 10 aromatic rings. The molecule has 9 aromatic carbocycles. The molecule has 0 spiro atoms. The molecule has 2 unspecified atom stereocenters. The highest BCUT2D eigenvalue weighted by Gasteiger charge is 2.27. The first-order valence-corrected chi connectivity index (χ1v) is 18.8. The molecule has 1 aliphatic heterocycles. The van der Waals surface area contributed by atoms with Crippen LogP contribution < -0.4 is 10.6 Å². The monoisotopic (exact) mass is 705 g/mol. The van der Waals surface area contributed by atoms with Gasteiger partial charge >= 0.3 is 0 Å². The molecule has 0 aliphatic carbocycles. The van der Waals surface area contributed by atoms with E-state index in [9.17, 15) is 0 Å². The normalized spacial score (nSPS) is 15.8. The van der Waals surface area contributed by atoms with Crippen molar-refractivity contribution in [2.75, 3.05) is 0 Å². The van der Waals surface area contributed by atoms with Crippen LogP contribution in [-0.4, -0.2) is 5.84 Å². The predicted molar refractivity (Wildman–Crippen MR) is 228 cm³/mol. The highest BCUT2D eigenvalue weighted by molar-refractivity contribution is 6.16. The van der Waals surface area contributed by atoms with E-state index in [0.717, 1.165) is 66.7 Å². The maximum absolute atomic E-state index is 6.71. The van der Waals surface area contributed by atoms with Gasteiger partial charge in [0.1, 0.15) is 29.3 Å². The van der Waals surface area contributed by atoms with Crippen molar-refractivity contribution in [1.82, 2.24) is 10.6 Å². The SMILES string of the molecule is c1cc(-c2ccc(-c3ccc4ccccc4c3)c3oc4ccccc4c23)cc(C2NC(c3ccc4ccccc4c3)=NC(c3ccc4ccccc4c3)N2)c1. The van der Waals surface area contributed by atoms with Gasteiger partial charge in [-0.2, -0.15) is 0 Å². The number of hydrogen-bond acceptors (Lipinski definition) is 4. The zero-order valence-corrected chi connectivity index (χ0v) is 29.9. The molecule has 2 N–H and O–H groups in total. The Hall–Kier alpha value is -7.01. The van der Waals surface area contributed by atoms with Gasteiger partial charge in [0.05, 0.1) is 0 Å². The molecule has 2 heterocycles. The molecule has 11 rings (SSSR count). The lowest BCUT2D eigenvalue weighted by Crippen LogP contribution is -2.45. The van der Waals surface area contributed by atoms with E-state index in [2.05, 4.69) is 193 Å². The molecule has 0 saturated carbocycles. The molecule has 2 atom stereocenters. The van der Waals surface area contributed by atoms with E-state index in [-0.39, 0.29) is 12.3 Å². The second-order valence-corrected chi connectivity index (χ2v) is 14.4. The summed E-state index contributed by atoms with van der Waals surface area (Å²) in [6.45, 7) is 0. The lowest BCUT2D eigenvalue weighted by Gasteiger charge is -2.32. The average Bonchev–Trinajstić information content (AvgIpc) is 3.65. The first kappa shape index (κ1) is 31.5. The summed E-state index contributed by atoms with van der Waals surface area (Å²) in [5.74, 6) is 0.862. The van der Waals surface area contributed by atoms with E-state index in [1.165, 1.54) is 32.3 Å². The molecular formula is C51H35N3O. The Kier molecular flexibility index (Phi) is 7.35. The van der Waals surface area contributed by atoms with Gasteiger partial charge in [-0.05, 0) is 96.5 Å². The van der Waals surface area contributed by atoms with Crippen LogP contribution in [0.4, 0.5) is 0 Å². The summed E-state index contributed by atoms with van der Waals surface area (Å²) in [7, 11) is 0. The minimum Gasteiger partial charge on any atom is -0.455 e. The smallest absolute Gasteiger partial charge is 0.143 e. The Morgan fingerprint density at radius 2 is 1.04 bits per heavy atom. The minimum absolute atomic E-state index is 0.205. The average molecular weight is 706 g/mol. The number of para-hydroxylation sites is 1. The number of nitrogens with zero attached hydrogens (tertiary/aromatic N) is 1. The fourth-order valence-corrected chi connectivity index (χ4v) is 8.30. The van der Waals surface area contributed by atoms with Crippen molar-refractivity contribution >= 4 is 60.1 Å². The van der Waals surface area contributed by atoms with Crippen molar-refractivity contribution in [3.63, 3.8) is 0 Å². The van der Waals surface area contributed by atoms with Gasteiger partial charge < -0.3 is 9.73 Å². The maximum atomic E-state index is 6.71. The zero-order chi connectivity index (χ0) is 36.3. The standard InChI is InChI=1S/C51H35N3O/c1-4-13-35-28-39(23-20-32(35)10-1)44-27-26-43(47-45-18-7-8-19-46(45)55-48(44)47)38-16-9-17-40(31-38)49-52-50(41-24-21-33-11-2-5-14-36(33)29-41)54-51(53-49)42-25-22-34-12-3-6-15-37(34)30-42/h1-31,49-50,52H,(H,53,54). The Bertz CT molecular complexity index is 3140. The van der Waals surface area contributed by atoms with Crippen LogP contribution >= 0.6 is 0 Å². The molecule has 55 heavy (non-hydrogen) atoms. The second-order valence-electron chi connectivity index (χ2n) is 14.4. The van der Waals surface area contributed by atoms with Gasteiger partial charge in [-0.25, -0.2) is 4.99 Å². The summed E-state index contributed by atoms with van der Waals surface area (Å²) in [4.78, 5) is 5.30. The number of furan rings is 1. The lowest BCUT2D eigenvalue weighted by molar-refractivity contribution is 0.409. The van der Waals surface area contributed by atoms with Crippen LogP contribution in [0.2, 0.25) is 0 Å². The summed E-state index contributed by atoms with van der Waals surface area (Å²) in [6, 6.07) is 67.1. The van der Waals surface area contributed by atoms with E-state index < -0.39 is 0 Å². The highest BCUT2D eigenvalue weighted by Crippen LogP contribution is 2.42. The molecule has 1 aliphatic rings. The maximum Gasteiger partial charge on any atom is 0.143 e. The number of hydrogen-bond donors (Lipinski definition) is 2. The van der Waals surface area contributed by atoms with Crippen LogP contribution in [0.25, 0.3) is 76.5 Å². The quantitative estimate of drug-likeness (QED) is 0.187. The van der Waals surface area contributed by atoms with Crippen molar-refractivity contribution in [3.05, 3.63) is 205 Å². The van der Waals surface area contributed by atoms with E-state index in [0.29, 0.717) is 0 Å². The third-order valence-electron chi connectivity index (χ3n) is 11.1. The van der Waals surface area contributed by atoms with Crippen molar-refractivity contribution in [2.45, 2.75) is 12.3 Å². The first-order chi connectivity index (χ1) is 27.2. The van der Waals surface area contributed by atoms with Crippen LogP contribution in [0, 0.1) is 0 Å². The second kappa shape index (κ2) is 12.8. The molecule has 260 valence electrons. The van der Waals surface area contributed by atoms with Crippen LogP contribution in [0.1, 0.15) is 29.0 Å². The van der Waals surface area contributed by atoms with Crippen molar-refractivity contribution in [3.8, 4) is 22.3 Å². The van der Waals surface area contributed by atoms with E-state index in [1.807, 2.05) is 6.07 Å². The number of aliphatic imine (C=N–C) groups is 1. The van der Waals surface area contributed by atoms with Crippen LogP contribution in [0.5, 0.6) is 0 Å². The number of fused-ring (bicyclic) bond motifs is 6. The lowest BCUT2D eigenvalue weighted by atomic mass is 9.93. The van der Waals surface area contributed by atoms with Crippen LogP contribution in [0.3, 0.4) is 0 Å². The largest absolute Gasteiger partial charge is 0.455 e. The summed E-state index contributed by atoms with van der Waals surface area (Å²) < 4.78 is 6.71. The molecule has 0 saturated heterocycles.